The Morgan fingerprint density at radius 2 is 2.20 bits per heavy atom. The molecule has 0 amide bonds. The minimum atomic E-state index is -3.80. The van der Waals surface area contributed by atoms with Gasteiger partial charge in [0.2, 0.25) is 16.4 Å². The van der Waals surface area contributed by atoms with Crippen molar-refractivity contribution in [3.05, 3.63) is 41.3 Å². The minimum absolute atomic E-state index is 0.0552. The summed E-state index contributed by atoms with van der Waals surface area (Å²) in [5, 5.41) is 3.49. The Morgan fingerprint density at radius 1 is 1.45 bits per heavy atom. The lowest BCUT2D eigenvalue weighted by Crippen LogP contribution is -2.24. The van der Waals surface area contributed by atoms with Crippen LogP contribution in [0.3, 0.4) is 0 Å². The van der Waals surface area contributed by atoms with E-state index in [0.29, 0.717) is 0 Å². The van der Waals surface area contributed by atoms with Crippen LogP contribution in [0.1, 0.15) is 17.0 Å². The van der Waals surface area contributed by atoms with Gasteiger partial charge in [0.15, 0.2) is 5.82 Å². The largest absolute Gasteiger partial charge is 0.343 e. The quantitative estimate of drug-likeness (QED) is 0.829. The number of hydrogen-bond donors (Lipinski definition) is 2. The monoisotopic (exact) mass is 300 g/mol. The van der Waals surface area contributed by atoms with Crippen molar-refractivity contribution in [3.8, 4) is 0 Å². The molecule has 7 nitrogen and oxygen atoms in total. The lowest BCUT2D eigenvalue weighted by molar-refractivity contribution is 0.409. The van der Waals surface area contributed by atoms with Crippen LogP contribution >= 0.6 is 0 Å². The molecule has 0 aliphatic carbocycles. The van der Waals surface area contributed by atoms with Crippen molar-refractivity contribution in [2.75, 3.05) is 0 Å². The Balaban J connectivity index is 2.27. The number of nitrogens with zero attached hydrogens (tertiary/aromatic N) is 2. The van der Waals surface area contributed by atoms with E-state index in [-0.39, 0.29) is 34.9 Å². The summed E-state index contributed by atoms with van der Waals surface area (Å²) in [7, 11) is -3.80. The molecule has 20 heavy (non-hydrogen) atoms. The van der Waals surface area contributed by atoms with Crippen molar-refractivity contribution in [2.45, 2.75) is 24.9 Å². The van der Waals surface area contributed by atoms with Crippen LogP contribution in [-0.4, -0.2) is 18.6 Å². The van der Waals surface area contributed by atoms with Crippen LogP contribution in [0.25, 0.3) is 0 Å². The molecule has 2 aromatic rings. The summed E-state index contributed by atoms with van der Waals surface area (Å²) >= 11 is 0. The van der Waals surface area contributed by atoms with Crippen LogP contribution in [0.15, 0.2) is 27.9 Å². The van der Waals surface area contributed by atoms with Gasteiger partial charge in [-0.2, -0.15) is 4.98 Å². The first-order valence-corrected chi connectivity index (χ1v) is 7.16. The zero-order valence-corrected chi connectivity index (χ0v) is 11.4. The fourth-order valence-corrected chi connectivity index (χ4v) is 2.74. The van der Waals surface area contributed by atoms with Crippen molar-refractivity contribution in [3.63, 3.8) is 0 Å². The highest BCUT2D eigenvalue weighted by atomic mass is 32.2. The molecule has 0 bridgehead atoms. The Kier molecular flexibility index (Phi) is 4.12. The maximum Gasteiger partial charge on any atom is 0.241 e. The molecule has 0 atom stereocenters. The van der Waals surface area contributed by atoms with Gasteiger partial charge in [-0.05, 0) is 24.6 Å². The number of hydrogen-bond acceptors (Lipinski definition) is 6. The van der Waals surface area contributed by atoms with Gasteiger partial charge in [-0.25, -0.2) is 17.5 Å². The Labute approximate surface area is 115 Å². The molecule has 0 spiro atoms. The van der Waals surface area contributed by atoms with Gasteiger partial charge in [0, 0.05) is 12.1 Å². The molecule has 1 aromatic heterocycles. The summed E-state index contributed by atoms with van der Waals surface area (Å²) < 4.78 is 44.6. The Bertz CT molecular complexity index is 701. The predicted molar refractivity (Wildman–Crippen MR) is 67.4 cm³/mol. The highest BCUT2D eigenvalue weighted by Crippen LogP contribution is 2.19. The SMILES string of the molecule is Cc1cc(S(=O)(=O)NCc2ncon2)cc(CN)c1F. The molecule has 0 saturated heterocycles. The van der Waals surface area contributed by atoms with E-state index in [1.165, 1.54) is 19.1 Å². The number of nitrogens with one attached hydrogen (secondary N) is 1. The molecule has 0 radical (unpaired) electrons. The van der Waals surface area contributed by atoms with Crippen LogP contribution in [-0.2, 0) is 23.1 Å². The summed E-state index contributed by atoms with van der Waals surface area (Å²) in [6, 6.07) is 2.45. The van der Waals surface area contributed by atoms with E-state index in [1.54, 1.807) is 0 Å². The summed E-state index contributed by atoms with van der Waals surface area (Å²) in [6.45, 7) is 1.28. The third-order valence-electron chi connectivity index (χ3n) is 2.66. The van der Waals surface area contributed by atoms with Crippen molar-refractivity contribution in [1.82, 2.24) is 14.9 Å². The highest BCUT2D eigenvalue weighted by molar-refractivity contribution is 7.89. The highest BCUT2D eigenvalue weighted by Gasteiger charge is 2.18. The van der Waals surface area contributed by atoms with E-state index < -0.39 is 15.8 Å². The van der Waals surface area contributed by atoms with Crippen molar-refractivity contribution < 1.29 is 17.3 Å². The molecule has 0 aliphatic rings. The summed E-state index contributed by atoms with van der Waals surface area (Å²) in [5.41, 5.74) is 5.75. The maximum atomic E-state index is 13.7. The normalized spacial score (nSPS) is 11.8. The maximum absolute atomic E-state index is 13.7. The van der Waals surface area contributed by atoms with Crippen LogP contribution in [0.4, 0.5) is 4.39 Å². The van der Waals surface area contributed by atoms with Gasteiger partial charge in [0.25, 0.3) is 0 Å². The van der Waals surface area contributed by atoms with Gasteiger partial charge in [-0.15, -0.1) is 0 Å². The Morgan fingerprint density at radius 3 is 2.80 bits per heavy atom. The van der Waals surface area contributed by atoms with Crippen LogP contribution in [0, 0.1) is 12.7 Å². The first kappa shape index (κ1) is 14.6. The second-order valence-corrected chi connectivity index (χ2v) is 5.86. The van der Waals surface area contributed by atoms with Crippen molar-refractivity contribution in [2.24, 2.45) is 5.73 Å². The molecule has 1 heterocycles. The zero-order chi connectivity index (χ0) is 14.8. The van der Waals surface area contributed by atoms with E-state index in [1.807, 2.05) is 0 Å². The smallest absolute Gasteiger partial charge is 0.241 e. The van der Waals surface area contributed by atoms with Crippen LogP contribution in [0.2, 0.25) is 0 Å². The molecule has 108 valence electrons. The summed E-state index contributed by atoms with van der Waals surface area (Å²) in [4.78, 5) is 3.64. The molecule has 9 heteroatoms. The lowest BCUT2D eigenvalue weighted by atomic mass is 10.1. The average Bonchev–Trinajstić information content (AvgIpc) is 2.92. The number of rotatable bonds is 5. The molecule has 3 N–H and O–H groups in total. The zero-order valence-electron chi connectivity index (χ0n) is 10.6. The van der Waals surface area contributed by atoms with Crippen molar-refractivity contribution in [1.29, 1.82) is 0 Å². The molecule has 0 aliphatic heterocycles. The van der Waals surface area contributed by atoms with Gasteiger partial charge in [0.05, 0.1) is 11.4 Å². The first-order valence-electron chi connectivity index (χ1n) is 5.68. The molecule has 2 rings (SSSR count). The van der Waals surface area contributed by atoms with Crippen LogP contribution < -0.4 is 10.5 Å². The third-order valence-corrected chi connectivity index (χ3v) is 4.04. The standard InChI is InChI=1S/C11H13FN4O3S/c1-7-2-9(3-8(4-13)11(7)12)20(17,18)15-5-10-14-6-19-16-10/h2-3,6,15H,4-5,13H2,1H3. The van der Waals surface area contributed by atoms with Crippen LogP contribution in [0.5, 0.6) is 0 Å². The van der Waals surface area contributed by atoms with E-state index in [9.17, 15) is 12.8 Å². The fourth-order valence-electron chi connectivity index (χ4n) is 1.62. The van der Waals surface area contributed by atoms with Gasteiger partial charge in [-0.1, -0.05) is 5.16 Å². The number of halogens is 1. The number of benzene rings is 1. The van der Waals surface area contributed by atoms with Gasteiger partial charge < -0.3 is 10.3 Å². The van der Waals surface area contributed by atoms with E-state index in [0.717, 1.165) is 6.39 Å². The number of aromatic nitrogens is 2. The molecular weight excluding hydrogens is 287 g/mol. The molecule has 0 saturated carbocycles. The molecule has 1 aromatic carbocycles. The first-order chi connectivity index (χ1) is 9.44. The average molecular weight is 300 g/mol. The summed E-state index contributed by atoms with van der Waals surface area (Å²) in [5.74, 6) is -0.295. The van der Waals surface area contributed by atoms with E-state index in [4.69, 9.17) is 5.73 Å². The number of aryl methyl sites for hydroxylation is 1. The van der Waals surface area contributed by atoms with E-state index in [2.05, 4.69) is 19.4 Å². The molecule has 0 fully saturated rings. The van der Waals surface area contributed by atoms with Crippen molar-refractivity contribution >= 4 is 10.0 Å². The number of sulfonamides is 1. The fraction of sp³-hybridized carbons (Fsp3) is 0.273. The Hall–Kier alpha value is -1.84. The molecular formula is C11H13FN4O3S. The summed E-state index contributed by atoms with van der Waals surface area (Å²) in [6.07, 6.45) is 1.10. The second-order valence-electron chi connectivity index (χ2n) is 4.09. The van der Waals surface area contributed by atoms with Gasteiger partial charge in [0.1, 0.15) is 5.82 Å². The molecule has 0 unspecified atom stereocenters. The number of nitrogens with two attached hydrogens (primary N) is 1. The predicted octanol–water partition coefficient (Wildman–Crippen LogP) is 0.454. The topological polar surface area (TPSA) is 111 Å². The van der Waals surface area contributed by atoms with E-state index >= 15 is 0 Å². The third kappa shape index (κ3) is 3.00. The lowest BCUT2D eigenvalue weighted by Gasteiger charge is -2.09. The second kappa shape index (κ2) is 5.65. The van der Waals surface area contributed by atoms with Gasteiger partial charge >= 0.3 is 0 Å². The minimum Gasteiger partial charge on any atom is -0.343 e. The van der Waals surface area contributed by atoms with Gasteiger partial charge in [-0.3, -0.25) is 0 Å².